The van der Waals surface area contributed by atoms with Crippen molar-refractivity contribution in [2.24, 2.45) is 5.92 Å². The number of nitrogens with zero attached hydrogens (tertiary/aromatic N) is 1. The molecule has 0 saturated carbocycles. The Balaban J connectivity index is 2.05. The Morgan fingerprint density at radius 2 is 2.00 bits per heavy atom. The first-order chi connectivity index (χ1) is 10.5. The van der Waals surface area contributed by atoms with Gasteiger partial charge in [-0.05, 0) is 25.0 Å². The lowest BCUT2D eigenvalue weighted by atomic mass is 10.1. The van der Waals surface area contributed by atoms with Gasteiger partial charge in [0.05, 0.1) is 5.69 Å². The van der Waals surface area contributed by atoms with Crippen molar-refractivity contribution in [3.63, 3.8) is 0 Å². The molecule has 0 bridgehead atoms. The van der Waals surface area contributed by atoms with Gasteiger partial charge >= 0.3 is 5.97 Å². The molecule has 1 aromatic heterocycles. The van der Waals surface area contributed by atoms with E-state index in [1.54, 1.807) is 13.8 Å². The smallest absolute Gasteiger partial charge is 0.303 e. The lowest BCUT2D eigenvalue weighted by Crippen LogP contribution is -2.29. The van der Waals surface area contributed by atoms with Gasteiger partial charge < -0.3 is 14.8 Å². The third-order valence-corrected chi connectivity index (χ3v) is 3.16. The molecule has 2 N–H and O–H groups in total. The Morgan fingerprint density at radius 1 is 1.32 bits per heavy atom. The van der Waals surface area contributed by atoms with E-state index in [2.05, 4.69) is 10.3 Å². The van der Waals surface area contributed by atoms with E-state index in [1.165, 1.54) is 0 Å². The van der Waals surface area contributed by atoms with Crippen molar-refractivity contribution in [1.82, 2.24) is 10.3 Å². The number of hydrogen-bond donors (Lipinski definition) is 2. The molecule has 116 valence electrons. The Kier molecular flexibility index (Phi) is 4.93. The van der Waals surface area contributed by atoms with Gasteiger partial charge in [-0.3, -0.25) is 9.59 Å². The molecule has 1 amide bonds. The van der Waals surface area contributed by atoms with E-state index in [-0.39, 0.29) is 30.6 Å². The number of carboxylic acids is 1. The Labute approximate surface area is 128 Å². The second kappa shape index (κ2) is 6.89. The van der Waals surface area contributed by atoms with Gasteiger partial charge in [-0.15, -0.1) is 0 Å². The number of rotatable bonds is 6. The van der Waals surface area contributed by atoms with Crippen molar-refractivity contribution in [2.45, 2.75) is 20.3 Å². The summed E-state index contributed by atoms with van der Waals surface area (Å²) in [6.45, 7) is 3.73. The second-order valence-electron chi connectivity index (χ2n) is 5.21. The van der Waals surface area contributed by atoms with Crippen LogP contribution in [0.5, 0.6) is 0 Å². The van der Waals surface area contributed by atoms with Crippen LogP contribution in [0.3, 0.4) is 0 Å². The largest absolute Gasteiger partial charge is 0.481 e. The number of nitrogens with one attached hydrogen (secondary N) is 1. The summed E-state index contributed by atoms with van der Waals surface area (Å²) >= 11 is 0. The van der Waals surface area contributed by atoms with Gasteiger partial charge in [0.25, 0.3) is 5.91 Å². The van der Waals surface area contributed by atoms with Gasteiger partial charge in [0.15, 0.2) is 0 Å². The number of carbonyl (C=O) groups is 2. The highest BCUT2D eigenvalue weighted by molar-refractivity contribution is 5.92. The molecule has 2 aromatic rings. The quantitative estimate of drug-likeness (QED) is 0.855. The van der Waals surface area contributed by atoms with Gasteiger partial charge in [0, 0.05) is 18.5 Å². The summed E-state index contributed by atoms with van der Waals surface area (Å²) in [5.74, 6) is -0.880. The van der Waals surface area contributed by atoms with Crippen LogP contribution in [-0.4, -0.2) is 28.5 Å². The van der Waals surface area contributed by atoms with Crippen molar-refractivity contribution in [2.75, 3.05) is 6.54 Å². The topological polar surface area (TPSA) is 92.4 Å². The van der Waals surface area contributed by atoms with Crippen LogP contribution in [0.4, 0.5) is 0 Å². The number of carboxylic acid groups (broad SMARTS) is 1. The summed E-state index contributed by atoms with van der Waals surface area (Å²) in [7, 11) is 0. The molecule has 6 heteroatoms. The molecule has 0 radical (unpaired) electrons. The summed E-state index contributed by atoms with van der Waals surface area (Å²) in [5, 5.41) is 11.4. The molecular formula is C16H18N2O4. The molecule has 1 unspecified atom stereocenters. The maximum absolute atomic E-state index is 12.1. The third-order valence-electron chi connectivity index (χ3n) is 3.16. The van der Waals surface area contributed by atoms with Crippen LogP contribution < -0.4 is 5.32 Å². The number of oxazole rings is 1. The highest BCUT2D eigenvalue weighted by Gasteiger charge is 2.19. The number of carbonyl (C=O) groups excluding carboxylic acids is 1. The molecule has 22 heavy (non-hydrogen) atoms. The first-order valence-corrected chi connectivity index (χ1v) is 7.00. The predicted molar refractivity (Wildman–Crippen MR) is 80.4 cm³/mol. The van der Waals surface area contributed by atoms with Crippen molar-refractivity contribution in [3.8, 4) is 11.5 Å². The van der Waals surface area contributed by atoms with Crippen LogP contribution in [-0.2, 0) is 4.79 Å². The van der Waals surface area contributed by atoms with Gasteiger partial charge in [-0.25, -0.2) is 4.98 Å². The fourth-order valence-electron chi connectivity index (χ4n) is 2.03. The van der Waals surface area contributed by atoms with Gasteiger partial charge in [-0.2, -0.15) is 0 Å². The van der Waals surface area contributed by atoms with Crippen molar-refractivity contribution in [1.29, 1.82) is 0 Å². The standard InChI is InChI=1S/C16H18N2O4/c1-10(8-13(19)20)9-17-15(21)14-11(2)18-16(22-14)12-6-4-3-5-7-12/h3-7,10H,8-9H2,1-2H3,(H,17,21)(H,19,20). The van der Waals surface area contributed by atoms with E-state index in [9.17, 15) is 9.59 Å². The van der Waals surface area contributed by atoms with Crippen LogP contribution >= 0.6 is 0 Å². The van der Waals surface area contributed by atoms with Crippen molar-refractivity contribution >= 4 is 11.9 Å². The fraction of sp³-hybridized carbons (Fsp3) is 0.312. The van der Waals surface area contributed by atoms with Gasteiger partial charge in [0.2, 0.25) is 11.7 Å². The maximum atomic E-state index is 12.1. The molecule has 0 aliphatic carbocycles. The van der Waals surface area contributed by atoms with E-state index in [1.807, 2.05) is 30.3 Å². The summed E-state index contributed by atoms with van der Waals surface area (Å²) in [6.07, 6.45) is 0.00489. The van der Waals surface area contributed by atoms with Gasteiger partial charge in [0.1, 0.15) is 0 Å². The van der Waals surface area contributed by atoms with E-state index in [0.717, 1.165) is 5.56 Å². The van der Waals surface area contributed by atoms with Crippen molar-refractivity contribution < 1.29 is 19.1 Å². The molecule has 0 aliphatic heterocycles. The number of aryl methyl sites for hydroxylation is 1. The predicted octanol–water partition coefficient (Wildman–Crippen LogP) is 2.49. The van der Waals surface area contributed by atoms with E-state index < -0.39 is 5.97 Å². The number of benzene rings is 1. The first kappa shape index (κ1) is 15.8. The molecule has 1 atom stereocenters. The van der Waals surface area contributed by atoms with Crippen LogP contribution in [0, 0.1) is 12.8 Å². The first-order valence-electron chi connectivity index (χ1n) is 7.00. The Hall–Kier alpha value is -2.63. The SMILES string of the molecule is Cc1nc(-c2ccccc2)oc1C(=O)NCC(C)CC(=O)O. The minimum atomic E-state index is -0.885. The number of amides is 1. The number of hydrogen-bond acceptors (Lipinski definition) is 4. The molecule has 6 nitrogen and oxygen atoms in total. The highest BCUT2D eigenvalue weighted by Crippen LogP contribution is 2.21. The second-order valence-corrected chi connectivity index (χ2v) is 5.21. The fourth-order valence-corrected chi connectivity index (χ4v) is 2.03. The molecule has 2 rings (SSSR count). The molecule has 0 spiro atoms. The van der Waals surface area contributed by atoms with Crippen LogP contribution in [0.2, 0.25) is 0 Å². The molecular weight excluding hydrogens is 284 g/mol. The lowest BCUT2D eigenvalue weighted by Gasteiger charge is -2.09. The minimum absolute atomic E-state index is 0.00489. The minimum Gasteiger partial charge on any atom is -0.481 e. The van der Waals surface area contributed by atoms with E-state index in [4.69, 9.17) is 9.52 Å². The van der Waals surface area contributed by atoms with Crippen LogP contribution in [0.1, 0.15) is 29.6 Å². The molecule has 0 aliphatic rings. The highest BCUT2D eigenvalue weighted by atomic mass is 16.4. The molecule has 0 fully saturated rings. The average Bonchev–Trinajstić information content (AvgIpc) is 2.87. The zero-order valence-electron chi connectivity index (χ0n) is 12.5. The molecule has 0 saturated heterocycles. The molecule has 1 heterocycles. The van der Waals surface area contributed by atoms with E-state index in [0.29, 0.717) is 11.6 Å². The van der Waals surface area contributed by atoms with Crippen LogP contribution in [0.25, 0.3) is 11.5 Å². The normalized spacial score (nSPS) is 11.9. The monoisotopic (exact) mass is 302 g/mol. The Morgan fingerprint density at radius 3 is 2.64 bits per heavy atom. The average molecular weight is 302 g/mol. The lowest BCUT2D eigenvalue weighted by molar-refractivity contribution is -0.137. The maximum Gasteiger partial charge on any atom is 0.303 e. The Bertz CT molecular complexity index is 664. The number of aliphatic carboxylic acids is 1. The van der Waals surface area contributed by atoms with Crippen molar-refractivity contribution in [3.05, 3.63) is 41.8 Å². The third kappa shape index (κ3) is 3.94. The van der Waals surface area contributed by atoms with Crippen LogP contribution in [0.15, 0.2) is 34.7 Å². The van der Waals surface area contributed by atoms with E-state index >= 15 is 0 Å². The summed E-state index contributed by atoms with van der Waals surface area (Å²) in [6, 6.07) is 9.31. The summed E-state index contributed by atoms with van der Waals surface area (Å²) in [4.78, 5) is 27.0. The zero-order valence-corrected chi connectivity index (χ0v) is 12.5. The summed E-state index contributed by atoms with van der Waals surface area (Å²) in [5.41, 5.74) is 1.30. The number of aromatic nitrogens is 1. The molecule has 1 aromatic carbocycles. The van der Waals surface area contributed by atoms with Gasteiger partial charge in [-0.1, -0.05) is 25.1 Å². The zero-order chi connectivity index (χ0) is 16.1. The summed E-state index contributed by atoms with van der Waals surface area (Å²) < 4.78 is 5.54.